The number of hydrogen-bond acceptors (Lipinski definition) is 1. The standard InChI is InChI=1S/C11H12Br2O/c1-7(2)10(13)11(14)8-3-5-9(12)6-4-8/h3-7,10H,1-2H3. The molecule has 3 heteroatoms. The van der Waals surface area contributed by atoms with Gasteiger partial charge in [-0.15, -0.1) is 0 Å². The monoisotopic (exact) mass is 318 g/mol. The molecule has 0 aliphatic heterocycles. The van der Waals surface area contributed by atoms with Crippen molar-refractivity contribution in [1.82, 2.24) is 0 Å². The van der Waals surface area contributed by atoms with E-state index < -0.39 is 0 Å². The van der Waals surface area contributed by atoms with Crippen molar-refractivity contribution >= 4 is 37.6 Å². The van der Waals surface area contributed by atoms with Gasteiger partial charge >= 0.3 is 0 Å². The van der Waals surface area contributed by atoms with Crippen molar-refractivity contribution < 1.29 is 4.79 Å². The van der Waals surface area contributed by atoms with Crippen molar-refractivity contribution in [1.29, 1.82) is 0 Å². The molecule has 0 radical (unpaired) electrons. The molecule has 0 saturated heterocycles. The van der Waals surface area contributed by atoms with Crippen LogP contribution in [0.25, 0.3) is 0 Å². The van der Waals surface area contributed by atoms with Crippen LogP contribution < -0.4 is 0 Å². The van der Waals surface area contributed by atoms with Gasteiger partial charge in [0.2, 0.25) is 0 Å². The van der Waals surface area contributed by atoms with Crippen molar-refractivity contribution in [3.05, 3.63) is 34.3 Å². The second kappa shape index (κ2) is 5.08. The lowest BCUT2D eigenvalue weighted by Gasteiger charge is -2.12. The highest BCUT2D eigenvalue weighted by Crippen LogP contribution is 2.19. The fraction of sp³-hybridized carbons (Fsp3) is 0.364. The topological polar surface area (TPSA) is 17.1 Å². The molecule has 1 atom stereocenters. The number of benzene rings is 1. The highest BCUT2D eigenvalue weighted by atomic mass is 79.9. The van der Waals surface area contributed by atoms with Gasteiger partial charge in [-0.1, -0.05) is 57.8 Å². The Balaban J connectivity index is 2.84. The van der Waals surface area contributed by atoms with Gasteiger partial charge in [-0.3, -0.25) is 4.79 Å². The average Bonchev–Trinajstić information content (AvgIpc) is 2.16. The third-order valence-electron chi connectivity index (χ3n) is 1.96. The largest absolute Gasteiger partial charge is 0.293 e. The summed E-state index contributed by atoms with van der Waals surface area (Å²) in [6.45, 7) is 4.05. The third-order valence-corrected chi connectivity index (χ3v) is 3.97. The lowest BCUT2D eigenvalue weighted by molar-refractivity contribution is 0.0978. The van der Waals surface area contributed by atoms with Crippen LogP contribution in [0.5, 0.6) is 0 Å². The van der Waals surface area contributed by atoms with Crippen molar-refractivity contribution in [2.75, 3.05) is 0 Å². The van der Waals surface area contributed by atoms with Crippen molar-refractivity contribution in [2.45, 2.75) is 18.7 Å². The molecule has 1 rings (SSSR count). The highest BCUT2D eigenvalue weighted by Gasteiger charge is 2.19. The first kappa shape index (κ1) is 11.9. The van der Waals surface area contributed by atoms with Gasteiger partial charge in [-0.25, -0.2) is 0 Å². The lowest BCUT2D eigenvalue weighted by atomic mass is 10.0. The van der Waals surface area contributed by atoms with E-state index in [0.717, 1.165) is 10.0 Å². The van der Waals surface area contributed by atoms with Crippen LogP contribution in [0.4, 0.5) is 0 Å². The summed E-state index contributed by atoms with van der Waals surface area (Å²) in [5.74, 6) is 0.457. The van der Waals surface area contributed by atoms with Gasteiger partial charge in [0.05, 0.1) is 4.83 Å². The number of alkyl halides is 1. The molecule has 0 bridgehead atoms. The van der Waals surface area contributed by atoms with Gasteiger partial charge in [0.15, 0.2) is 5.78 Å². The Labute approximate surface area is 101 Å². The van der Waals surface area contributed by atoms with Crippen LogP contribution in [0.2, 0.25) is 0 Å². The second-order valence-electron chi connectivity index (χ2n) is 3.52. The molecule has 0 N–H and O–H groups in total. The van der Waals surface area contributed by atoms with Crippen LogP contribution in [-0.4, -0.2) is 10.6 Å². The van der Waals surface area contributed by atoms with E-state index in [0.29, 0.717) is 5.92 Å². The number of carbonyl (C=O) groups excluding carboxylic acids is 1. The van der Waals surface area contributed by atoms with E-state index in [2.05, 4.69) is 31.9 Å². The third kappa shape index (κ3) is 2.92. The smallest absolute Gasteiger partial charge is 0.176 e. The predicted octanol–water partition coefficient (Wildman–Crippen LogP) is 4.05. The summed E-state index contributed by atoms with van der Waals surface area (Å²) in [6.07, 6.45) is 0. The first-order valence-corrected chi connectivity index (χ1v) is 6.17. The minimum atomic E-state index is -0.0938. The number of halogens is 2. The molecule has 0 saturated carbocycles. The molecule has 76 valence electrons. The zero-order valence-electron chi connectivity index (χ0n) is 8.13. The van der Waals surface area contributed by atoms with Gasteiger partial charge in [0, 0.05) is 10.0 Å². The zero-order valence-corrected chi connectivity index (χ0v) is 11.3. The summed E-state index contributed by atoms with van der Waals surface area (Å²) in [5.41, 5.74) is 0.753. The van der Waals surface area contributed by atoms with E-state index >= 15 is 0 Å². The molecule has 1 nitrogen and oxygen atoms in total. The molecular formula is C11H12Br2O. The zero-order chi connectivity index (χ0) is 10.7. The van der Waals surface area contributed by atoms with Crippen molar-refractivity contribution in [3.8, 4) is 0 Å². The van der Waals surface area contributed by atoms with Gasteiger partial charge < -0.3 is 0 Å². The molecule has 0 aromatic heterocycles. The second-order valence-corrected chi connectivity index (χ2v) is 5.42. The number of hydrogen-bond donors (Lipinski definition) is 0. The SMILES string of the molecule is CC(C)C(Br)C(=O)c1ccc(Br)cc1. The number of ketones is 1. The molecule has 0 aliphatic carbocycles. The molecule has 1 aromatic carbocycles. The number of Topliss-reactive ketones (excluding diaryl/α,β-unsaturated/α-hetero) is 1. The molecule has 0 aliphatic rings. The molecule has 1 aromatic rings. The van der Waals surface area contributed by atoms with Crippen LogP contribution >= 0.6 is 31.9 Å². The molecule has 0 amide bonds. The number of rotatable bonds is 3. The Morgan fingerprint density at radius 2 is 1.71 bits per heavy atom. The molecule has 0 spiro atoms. The molecule has 1 unspecified atom stereocenters. The van der Waals surface area contributed by atoms with Gasteiger partial charge in [0.1, 0.15) is 0 Å². The van der Waals surface area contributed by atoms with Crippen LogP contribution in [0, 0.1) is 5.92 Å². The van der Waals surface area contributed by atoms with Crippen LogP contribution in [-0.2, 0) is 0 Å². The van der Waals surface area contributed by atoms with E-state index in [1.807, 2.05) is 38.1 Å². The Bertz CT molecular complexity index is 317. The van der Waals surface area contributed by atoms with Gasteiger partial charge in [-0.05, 0) is 18.1 Å². The summed E-state index contributed by atoms with van der Waals surface area (Å²) < 4.78 is 0.990. The Morgan fingerprint density at radius 3 is 2.14 bits per heavy atom. The maximum absolute atomic E-state index is 11.8. The van der Waals surface area contributed by atoms with Crippen molar-refractivity contribution in [2.24, 2.45) is 5.92 Å². The van der Waals surface area contributed by atoms with E-state index in [9.17, 15) is 4.79 Å². The predicted molar refractivity (Wildman–Crippen MR) is 66.0 cm³/mol. The fourth-order valence-electron chi connectivity index (χ4n) is 1.08. The van der Waals surface area contributed by atoms with E-state index in [4.69, 9.17) is 0 Å². The Morgan fingerprint density at radius 1 is 1.21 bits per heavy atom. The minimum absolute atomic E-state index is 0.0938. The summed E-state index contributed by atoms with van der Waals surface area (Å²) in [5, 5.41) is 0. The van der Waals surface area contributed by atoms with Crippen LogP contribution in [0.15, 0.2) is 28.7 Å². The highest BCUT2D eigenvalue weighted by molar-refractivity contribution is 9.10. The Hall–Kier alpha value is -0.150. The minimum Gasteiger partial charge on any atom is -0.293 e. The molecule has 14 heavy (non-hydrogen) atoms. The van der Waals surface area contributed by atoms with Crippen LogP contribution in [0.1, 0.15) is 24.2 Å². The summed E-state index contributed by atoms with van der Waals surface area (Å²) in [4.78, 5) is 11.7. The fourth-order valence-corrected chi connectivity index (χ4v) is 1.60. The molecular weight excluding hydrogens is 308 g/mol. The first-order valence-electron chi connectivity index (χ1n) is 4.46. The van der Waals surface area contributed by atoms with Gasteiger partial charge in [-0.2, -0.15) is 0 Å². The summed E-state index contributed by atoms with van der Waals surface area (Å²) >= 11 is 6.74. The lowest BCUT2D eigenvalue weighted by Crippen LogP contribution is -2.19. The van der Waals surface area contributed by atoms with Crippen LogP contribution in [0.3, 0.4) is 0 Å². The summed E-state index contributed by atoms with van der Waals surface area (Å²) in [6, 6.07) is 7.44. The maximum atomic E-state index is 11.8. The first-order chi connectivity index (χ1) is 6.52. The van der Waals surface area contributed by atoms with Crippen molar-refractivity contribution in [3.63, 3.8) is 0 Å². The van der Waals surface area contributed by atoms with E-state index in [1.165, 1.54) is 0 Å². The Kier molecular flexibility index (Phi) is 4.32. The summed E-state index contributed by atoms with van der Waals surface area (Å²) in [7, 11) is 0. The number of carbonyl (C=O) groups is 1. The molecule has 0 heterocycles. The normalized spacial score (nSPS) is 12.9. The van der Waals surface area contributed by atoms with E-state index in [1.54, 1.807) is 0 Å². The average molecular weight is 320 g/mol. The molecule has 0 fully saturated rings. The quantitative estimate of drug-likeness (QED) is 0.606. The van der Waals surface area contributed by atoms with Gasteiger partial charge in [0.25, 0.3) is 0 Å². The maximum Gasteiger partial charge on any atom is 0.176 e. The van der Waals surface area contributed by atoms with E-state index in [-0.39, 0.29) is 10.6 Å².